The second-order valence-electron chi connectivity index (χ2n) is 9.00. The molecule has 6 heteroatoms. The van der Waals surface area contributed by atoms with Crippen LogP contribution >= 0.6 is 11.6 Å². The lowest BCUT2D eigenvalue weighted by Crippen LogP contribution is -2.33. The minimum Gasteiger partial charge on any atom is -0.385 e. The van der Waals surface area contributed by atoms with Crippen molar-refractivity contribution in [1.82, 2.24) is 15.5 Å². The number of aliphatic hydroxyl groups is 1. The molecule has 1 amide bonds. The second-order valence-corrected chi connectivity index (χ2v) is 9.43. The molecule has 2 aliphatic rings. The van der Waals surface area contributed by atoms with E-state index in [0.29, 0.717) is 23.4 Å². The largest absolute Gasteiger partial charge is 0.385 e. The fraction of sp³-hybridized carbons (Fsp3) is 0.231. The Morgan fingerprint density at radius 1 is 1.03 bits per heavy atom. The quantitative estimate of drug-likeness (QED) is 0.419. The van der Waals surface area contributed by atoms with Gasteiger partial charge in [0.2, 0.25) is 0 Å². The molecule has 2 saturated carbocycles. The van der Waals surface area contributed by atoms with Crippen molar-refractivity contribution in [2.45, 2.75) is 24.5 Å². The highest BCUT2D eigenvalue weighted by atomic mass is 35.5. The first kappa shape index (κ1) is 19.5. The standard InChI is InChI=1S/C26H22ClN3O2/c27-18-10-22(21-14-28-30-23(21)11-18)26(32)12-19-20(13-26)24(19)29-25(31)17-8-4-7-16(9-17)15-5-2-1-3-6-15/h1-11,14,19-20,24,32H,12-13H2,(H,28,30)(H,29,31)/t19-,20+,24+,26-. The summed E-state index contributed by atoms with van der Waals surface area (Å²) in [6.45, 7) is 0. The average molecular weight is 444 g/mol. The lowest BCUT2D eigenvalue weighted by Gasteiger charge is -2.27. The molecule has 0 spiro atoms. The highest BCUT2D eigenvalue weighted by Crippen LogP contribution is 2.60. The fourth-order valence-corrected chi connectivity index (χ4v) is 5.62. The van der Waals surface area contributed by atoms with Gasteiger partial charge in [0.1, 0.15) is 0 Å². The number of benzene rings is 3. The topological polar surface area (TPSA) is 78.0 Å². The van der Waals surface area contributed by atoms with Crippen LogP contribution in [0.4, 0.5) is 0 Å². The van der Waals surface area contributed by atoms with Crippen LogP contribution in [0.3, 0.4) is 0 Å². The van der Waals surface area contributed by atoms with E-state index in [9.17, 15) is 9.90 Å². The summed E-state index contributed by atoms with van der Waals surface area (Å²) in [7, 11) is 0. The normalized spacial score (nSPS) is 26.1. The van der Waals surface area contributed by atoms with E-state index in [1.807, 2.05) is 66.7 Å². The van der Waals surface area contributed by atoms with Crippen molar-refractivity contribution in [3.05, 3.63) is 89.1 Å². The zero-order chi connectivity index (χ0) is 21.9. The van der Waals surface area contributed by atoms with Crippen LogP contribution in [-0.4, -0.2) is 27.3 Å². The molecule has 0 saturated heterocycles. The predicted molar refractivity (Wildman–Crippen MR) is 124 cm³/mol. The molecule has 2 fully saturated rings. The minimum absolute atomic E-state index is 0.0642. The zero-order valence-electron chi connectivity index (χ0n) is 17.3. The molecule has 3 aromatic carbocycles. The number of hydrogen-bond acceptors (Lipinski definition) is 3. The van der Waals surface area contributed by atoms with Crippen LogP contribution in [0.2, 0.25) is 5.02 Å². The third-order valence-electron chi connectivity index (χ3n) is 7.03. The molecule has 0 unspecified atom stereocenters. The van der Waals surface area contributed by atoms with Crippen LogP contribution in [0.5, 0.6) is 0 Å². The average Bonchev–Trinajstić information content (AvgIpc) is 3.14. The summed E-state index contributed by atoms with van der Waals surface area (Å²) >= 11 is 6.28. The number of nitrogens with one attached hydrogen (secondary N) is 2. The van der Waals surface area contributed by atoms with Crippen molar-refractivity contribution >= 4 is 28.4 Å². The number of fused-ring (bicyclic) bond motifs is 2. The van der Waals surface area contributed by atoms with E-state index in [1.165, 1.54) is 0 Å². The lowest BCUT2D eigenvalue weighted by atomic mass is 9.86. The Kier molecular flexibility index (Phi) is 4.39. The second kappa shape index (κ2) is 7.19. The molecule has 2 aliphatic carbocycles. The van der Waals surface area contributed by atoms with Crippen LogP contribution in [0.15, 0.2) is 72.9 Å². The van der Waals surface area contributed by atoms with E-state index in [0.717, 1.165) is 27.6 Å². The number of carbonyl (C=O) groups is 1. The van der Waals surface area contributed by atoms with Crippen LogP contribution in [0.1, 0.15) is 28.8 Å². The maximum Gasteiger partial charge on any atom is 0.251 e. The van der Waals surface area contributed by atoms with E-state index < -0.39 is 5.60 Å². The molecule has 1 aromatic heterocycles. The Morgan fingerprint density at radius 3 is 2.56 bits per heavy atom. The van der Waals surface area contributed by atoms with Crippen molar-refractivity contribution in [3.63, 3.8) is 0 Å². The highest BCUT2D eigenvalue weighted by molar-refractivity contribution is 6.31. The van der Waals surface area contributed by atoms with Crippen molar-refractivity contribution in [3.8, 4) is 11.1 Å². The molecule has 1 heterocycles. The van der Waals surface area contributed by atoms with Gasteiger partial charge in [-0.2, -0.15) is 5.10 Å². The fourth-order valence-electron chi connectivity index (χ4n) is 5.41. The van der Waals surface area contributed by atoms with Crippen molar-refractivity contribution in [1.29, 1.82) is 0 Å². The van der Waals surface area contributed by atoms with Gasteiger partial charge in [0.25, 0.3) is 5.91 Å². The first-order valence-corrected chi connectivity index (χ1v) is 11.2. The first-order chi connectivity index (χ1) is 15.5. The van der Waals surface area contributed by atoms with E-state index in [1.54, 1.807) is 6.20 Å². The maximum atomic E-state index is 12.9. The van der Waals surface area contributed by atoms with Gasteiger partial charge in [0, 0.05) is 22.0 Å². The number of aromatic amines is 1. The molecule has 0 radical (unpaired) electrons. The third-order valence-corrected chi connectivity index (χ3v) is 7.25. The SMILES string of the molecule is O=C(N[C@H]1[C@@H]2C[C@](O)(c3cc(Cl)cc4[nH]ncc34)C[C@@H]21)c1cccc(-c2ccccc2)c1. The van der Waals surface area contributed by atoms with E-state index in [-0.39, 0.29) is 23.8 Å². The molecule has 5 nitrogen and oxygen atoms in total. The molecular weight excluding hydrogens is 422 g/mol. The molecule has 6 rings (SSSR count). The number of hydrogen-bond donors (Lipinski definition) is 3. The number of carbonyl (C=O) groups excluding carboxylic acids is 1. The maximum absolute atomic E-state index is 12.9. The Labute approximate surface area is 190 Å². The number of rotatable bonds is 4. The highest BCUT2D eigenvalue weighted by Gasteiger charge is 2.62. The number of aromatic nitrogens is 2. The Hall–Kier alpha value is -3.15. The van der Waals surface area contributed by atoms with Gasteiger partial charge in [-0.25, -0.2) is 0 Å². The molecular formula is C26H22ClN3O2. The molecule has 4 atom stereocenters. The van der Waals surface area contributed by atoms with E-state index in [2.05, 4.69) is 15.5 Å². The minimum atomic E-state index is -0.948. The molecule has 160 valence electrons. The van der Waals surface area contributed by atoms with Crippen molar-refractivity contribution in [2.24, 2.45) is 11.8 Å². The number of H-pyrrole nitrogens is 1. The van der Waals surface area contributed by atoms with Gasteiger partial charge in [-0.3, -0.25) is 9.89 Å². The molecule has 4 aromatic rings. The third kappa shape index (κ3) is 3.20. The summed E-state index contributed by atoms with van der Waals surface area (Å²) < 4.78 is 0. The van der Waals surface area contributed by atoms with Crippen LogP contribution in [0, 0.1) is 11.8 Å². The monoisotopic (exact) mass is 443 g/mol. The number of amides is 1. The van der Waals surface area contributed by atoms with Gasteiger partial charge in [0.15, 0.2) is 0 Å². The lowest BCUT2D eigenvalue weighted by molar-refractivity contribution is 0.0293. The van der Waals surface area contributed by atoms with Gasteiger partial charge in [-0.1, -0.05) is 54.1 Å². The van der Waals surface area contributed by atoms with Gasteiger partial charge < -0.3 is 10.4 Å². The van der Waals surface area contributed by atoms with Crippen LogP contribution in [-0.2, 0) is 5.60 Å². The summed E-state index contributed by atoms with van der Waals surface area (Å²) in [5, 5.41) is 23.1. The smallest absolute Gasteiger partial charge is 0.251 e. The Bertz CT molecular complexity index is 1320. The zero-order valence-corrected chi connectivity index (χ0v) is 18.0. The molecule has 0 aliphatic heterocycles. The number of halogens is 1. The summed E-state index contributed by atoms with van der Waals surface area (Å²) in [6.07, 6.45) is 2.95. The molecule has 0 bridgehead atoms. The van der Waals surface area contributed by atoms with Crippen LogP contribution < -0.4 is 5.32 Å². The van der Waals surface area contributed by atoms with E-state index in [4.69, 9.17) is 11.6 Å². The number of nitrogens with zero attached hydrogens (tertiary/aromatic N) is 1. The summed E-state index contributed by atoms with van der Waals surface area (Å²) in [5.74, 6) is 0.468. The van der Waals surface area contributed by atoms with Gasteiger partial charge in [-0.05, 0) is 65.6 Å². The summed E-state index contributed by atoms with van der Waals surface area (Å²) in [5.41, 5.74) is 3.46. The predicted octanol–water partition coefficient (Wildman–Crippen LogP) is 4.91. The first-order valence-electron chi connectivity index (χ1n) is 10.8. The Balaban J connectivity index is 1.17. The summed E-state index contributed by atoms with van der Waals surface area (Å²) in [6, 6.07) is 21.5. The van der Waals surface area contributed by atoms with E-state index >= 15 is 0 Å². The van der Waals surface area contributed by atoms with Crippen molar-refractivity contribution < 1.29 is 9.90 Å². The molecule has 32 heavy (non-hydrogen) atoms. The summed E-state index contributed by atoms with van der Waals surface area (Å²) in [4.78, 5) is 12.9. The molecule has 3 N–H and O–H groups in total. The van der Waals surface area contributed by atoms with Gasteiger partial charge >= 0.3 is 0 Å². The van der Waals surface area contributed by atoms with Crippen molar-refractivity contribution in [2.75, 3.05) is 0 Å². The van der Waals surface area contributed by atoms with Gasteiger partial charge in [0.05, 0.1) is 17.3 Å². The van der Waals surface area contributed by atoms with Gasteiger partial charge in [-0.15, -0.1) is 0 Å². The van der Waals surface area contributed by atoms with Crippen LogP contribution in [0.25, 0.3) is 22.0 Å². The Morgan fingerprint density at radius 2 is 1.78 bits per heavy atom.